The number of hydrogen-bond donors (Lipinski definition) is 0. The SMILES string of the molecule is O=C(/C=C/c1ccc(Cl)c([N+](=O)[O-])c1)c1cccc(Br)c1. The first-order chi connectivity index (χ1) is 9.97. The Bertz CT molecular complexity index is 743. The molecule has 2 rings (SSSR count). The van der Waals surface area contributed by atoms with Crippen LogP contribution in [-0.2, 0) is 0 Å². The summed E-state index contributed by atoms with van der Waals surface area (Å²) in [5.41, 5.74) is 0.882. The molecule has 0 amide bonds. The molecule has 0 unspecified atom stereocenters. The van der Waals surface area contributed by atoms with Gasteiger partial charge in [0.2, 0.25) is 0 Å². The van der Waals surface area contributed by atoms with E-state index in [1.807, 2.05) is 6.07 Å². The van der Waals surface area contributed by atoms with Crippen LogP contribution < -0.4 is 0 Å². The molecular weight excluding hydrogens is 358 g/mol. The lowest BCUT2D eigenvalue weighted by Gasteiger charge is -1.98. The van der Waals surface area contributed by atoms with Crippen LogP contribution in [0.15, 0.2) is 53.0 Å². The zero-order chi connectivity index (χ0) is 15.4. The third-order valence-electron chi connectivity index (χ3n) is 2.70. The number of halogens is 2. The largest absolute Gasteiger partial charge is 0.289 e. The van der Waals surface area contributed by atoms with Crippen molar-refractivity contribution in [3.05, 3.63) is 79.3 Å². The predicted octanol–water partition coefficient (Wildman–Crippen LogP) is 4.91. The monoisotopic (exact) mass is 365 g/mol. The molecule has 0 saturated carbocycles. The van der Waals surface area contributed by atoms with Gasteiger partial charge >= 0.3 is 0 Å². The van der Waals surface area contributed by atoms with Gasteiger partial charge in [-0.15, -0.1) is 0 Å². The highest BCUT2D eigenvalue weighted by Gasteiger charge is 2.11. The third-order valence-corrected chi connectivity index (χ3v) is 3.52. The predicted molar refractivity (Wildman–Crippen MR) is 85.6 cm³/mol. The van der Waals surface area contributed by atoms with Crippen LogP contribution in [0.2, 0.25) is 5.02 Å². The Kier molecular flexibility index (Phi) is 4.88. The highest BCUT2D eigenvalue weighted by atomic mass is 79.9. The molecule has 0 aliphatic carbocycles. The zero-order valence-corrected chi connectivity index (χ0v) is 13.0. The summed E-state index contributed by atoms with van der Waals surface area (Å²) in [4.78, 5) is 22.2. The van der Waals surface area contributed by atoms with Gasteiger partial charge in [-0.25, -0.2) is 0 Å². The number of nitro benzene ring substituents is 1. The summed E-state index contributed by atoms with van der Waals surface area (Å²) >= 11 is 9.02. The van der Waals surface area contributed by atoms with Gasteiger partial charge in [0.1, 0.15) is 5.02 Å². The second-order valence-electron chi connectivity index (χ2n) is 4.18. The number of nitro groups is 1. The number of rotatable bonds is 4. The molecule has 4 nitrogen and oxygen atoms in total. The highest BCUT2D eigenvalue weighted by molar-refractivity contribution is 9.10. The average Bonchev–Trinajstić information content (AvgIpc) is 2.45. The van der Waals surface area contributed by atoms with E-state index in [2.05, 4.69) is 15.9 Å². The van der Waals surface area contributed by atoms with Gasteiger partial charge in [0.05, 0.1) is 4.92 Å². The van der Waals surface area contributed by atoms with E-state index in [9.17, 15) is 14.9 Å². The molecule has 2 aromatic rings. The quantitative estimate of drug-likeness (QED) is 0.334. The van der Waals surface area contributed by atoms with Gasteiger partial charge in [-0.05, 0) is 29.8 Å². The number of allylic oxidation sites excluding steroid dienone is 1. The second-order valence-corrected chi connectivity index (χ2v) is 5.50. The van der Waals surface area contributed by atoms with E-state index in [-0.39, 0.29) is 16.5 Å². The summed E-state index contributed by atoms with van der Waals surface area (Å²) in [6, 6.07) is 11.4. The molecule has 0 fully saturated rings. The molecule has 0 atom stereocenters. The number of nitrogens with zero attached hydrogens (tertiary/aromatic N) is 1. The van der Waals surface area contributed by atoms with Crippen molar-refractivity contribution in [3.63, 3.8) is 0 Å². The van der Waals surface area contributed by atoms with Gasteiger partial charge in [0.15, 0.2) is 5.78 Å². The van der Waals surface area contributed by atoms with Crippen molar-refractivity contribution in [2.75, 3.05) is 0 Å². The first kappa shape index (κ1) is 15.4. The second kappa shape index (κ2) is 6.65. The maximum absolute atomic E-state index is 12.0. The zero-order valence-electron chi connectivity index (χ0n) is 10.6. The Morgan fingerprint density at radius 2 is 2.00 bits per heavy atom. The van der Waals surface area contributed by atoms with Crippen LogP contribution in [0.25, 0.3) is 6.08 Å². The Morgan fingerprint density at radius 1 is 1.24 bits per heavy atom. The molecule has 0 spiro atoms. The lowest BCUT2D eigenvalue weighted by Crippen LogP contribution is -1.94. The molecule has 0 N–H and O–H groups in total. The minimum absolute atomic E-state index is 0.0652. The van der Waals surface area contributed by atoms with E-state index in [0.29, 0.717) is 11.1 Å². The number of carbonyl (C=O) groups is 1. The minimum atomic E-state index is -0.560. The van der Waals surface area contributed by atoms with Crippen molar-refractivity contribution < 1.29 is 9.72 Å². The number of carbonyl (C=O) groups excluding carboxylic acids is 1. The average molecular weight is 367 g/mol. The molecule has 0 saturated heterocycles. The first-order valence-corrected chi connectivity index (χ1v) is 7.06. The fraction of sp³-hybridized carbons (Fsp3) is 0. The summed E-state index contributed by atoms with van der Waals surface area (Å²) in [5.74, 6) is -0.186. The van der Waals surface area contributed by atoms with Crippen LogP contribution in [0.5, 0.6) is 0 Å². The topological polar surface area (TPSA) is 60.2 Å². The van der Waals surface area contributed by atoms with Crippen molar-refractivity contribution in [2.24, 2.45) is 0 Å². The molecule has 6 heteroatoms. The van der Waals surface area contributed by atoms with E-state index < -0.39 is 4.92 Å². The lowest BCUT2D eigenvalue weighted by molar-refractivity contribution is -0.384. The Balaban J connectivity index is 2.23. The fourth-order valence-electron chi connectivity index (χ4n) is 1.68. The maximum atomic E-state index is 12.0. The van der Waals surface area contributed by atoms with Crippen LogP contribution in [-0.4, -0.2) is 10.7 Å². The normalized spacial score (nSPS) is 10.8. The molecule has 0 aromatic heterocycles. The fourth-order valence-corrected chi connectivity index (χ4v) is 2.27. The molecular formula is C15H9BrClNO3. The molecule has 21 heavy (non-hydrogen) atoms. The standard InChI is InChI=1S/C15H9BrClNO3/c16-12-3-1-2-11(9-12)15(19)7-5-10-4-6-13(17)14(8-10)18(20)21/h1-9H/b7-5+. The molecule has 0 radical (unpaired) electrons. The summed E-state index contributed by atoms with van der Waals surface area (Å²) in [6.07, 6.45) is 2.89. The van der Waals surface area contributed by atoms with E-state index in [4.69, 9.17) is 11.6 Å². The Labute approximate surface area is 134 Å². The van der Waals surface area contributed by atoms with E-state index in [1.54, 1.807) is 24.3 Å². The van der Waals surface area contributed by atoms with Crippen molar-refractivity contribution in [1.29, 1.82) is 0 Å². The number of ketones is 1. The lowest BCUT2D eigenvalue weighted by atomic mass is 10.1. The smallest absolute Gasteiger partial charge is 0.288 e. The van der Waals surface area contributed by atoms with Gasteiger partial charge in [0.25, 0.3) is 5.69 Å². The van der Waals surface area contributed by atoms with Crippen LogP contribution in [0.1, 0.15) is 15.9 Å². The van der Waals surface area contributed by atoms with E-state index >= 15 is 0 Å². The summed E-state index contributed by atoms with van der Waals surface area (Å²) in [5, 5.41) is 10.9. The van der Waals surface area contributed by atoms with Crippen molar-refractivity contribution in [3.8, 4) is 0 Å². The molecule has 0 aliphatic rings. The van der Waals surface area contributed by atoms with Gasteiger partial charge in [-0.3, -0.25) is 14.9 Å². The van der Waals surface area contributed by atoms with E-state index in [1.165, 1.54) is 24.3 Å². The van der Waals surface area contributed by atoms with Crippen molar-refractivity contribution in [1.82, 2.24) is 0 Å². The number of hydrogen-bond acceptors (Lipinski definition) is 3. The van der Waals surface area contributed by atoms with Crippen LogP contribution in [0.3, 0.4) is 0 Å². The van der Waals surface area contributed by atoms with Crippen LogP contribution in [0, 0.1) is 10.1 Å². The van der Waals surface area contributed by atoms with Crippen molar-refractivity contribution in [2.45, 2.75) is 0 Å². The summed E-state index contributed by atoms with van der Waals surface area (Å²) < 4.78 is 0.809. The summed E-state index contributed by atoms with van der Waals surface area (Å²) in [6.45, 7) is 0. The molecule has 0 heterocycles. The number of benzene rings is 2. The van der Waals surface area contributed by atoms with Gasteiger partial charge in [-0.2, -0.15) is 0 Å². The summed E-state index contributed by atoms with van der Waals surface area (Å²) in [7, 11) is 0. The van der Waals surface area contributed by atoms with Crippen LogP contribution >= 0.6 is 27.5 Å². The Hall–Kier alpha value is -1.98. The molecule has 2 aromatic carbocycles. The highest BCUT2D eigenvalue weighted by Crippen LogP contribution is 2.25. The van der Waals surface area contributed by atoms with Gasteiger partial charge in [-0.1, -0.05) is 51.8 Å². The molecule has 0 bridgehead atoms. The van der Waals surface area contributed by atoms with Gasteiger partial charge in [0, 0.05) is 16.1 Å². The van der Waals surface area contributed by atoms with Crippen molar-refractivity contribution >= 4 is 45.1 Å². The van der Waals surface area contributed by atoms with Gasteiger partial charge < -0.3 is 0 Å². The molecule has 0 aliphatic heterocycles. The Morgan fingerprint density at radius 3 is 2.67 bits per heavy atom. The third kappa shape index (κ3) is 4.00. The maximum Gasteiger partial charge on any atom is 0.288 e. The van der Waals surface area contributed by atoms with Crippen LogP contribution in [0.4, 0.5) is 5.69 Å². The minimum Gasteiger partial charge on any atom is -0.289 e. The first-order valence-electron chi connectivity index (χ1n) is 5.89. The molecule has 106 valence electrons. The van der Waals surface area contributed by atoms with E-state index in [0.717, 1.165) is 4.47 Å².